The van der Waals surface area contributed by atoms with Gasteiger partial charge in [-0.25, -0.2) is 0 Å². The Morgan fingerprint density at radius 1 is 1.42 bits per heavy atom. The molecule has 0 spiro atoms. The van der Waals surface area contributed by atoms with Gasteiger partial charge >= 0.3 is 0 Å². The number of nitrogens with zero attached hydrogens (tertiary/aromatic N) is 1. The summed E-state index contributed by atoms with van der Waals surface area (Å²) >= 11 is 0. The molecule has 0 saturated heterocycles. The zero-order valence-corrected chi connectivity index (χ0v) is 7.75. The first-order chi connectivity index (χ1) is 5.77. The second kappa shape index (κ2) is 3.17. The molecule has 1 unspecified atom stereocenters. The lowest BCUT2D eigenvalue weighted by Gasteiger charge is -2.18. The molecule has 2 heteroatoms. The van der Waals surface area contributed by atoms with E-state index in [1.165, 1.54) is 12.8 Å². The maximum absolute atomic E-state index is 11.3. The summed E-state index contributed by atoms with van der Waals surface area (Å²) < 4.78 is 0. The van der Waals surface area contributed by atoms with Crippen LogP contribution in [0.15, 0.2) is 0 Å². The van der Waals surface area contributed by atoms with Crippen LogP contribution in [0.5, 0.6) is 0 Å². The molecule has 0 heterocycles. The summed E-state index contributed by atoms with van der Waals surface area (Å²) in [6.07, 6.45) is 5.79. The van der Waals surface area contributed by atoms with Gasteiger partial charge in [0.1, 0.15) is 5.78 Å². The van der Waals surface area contributed by atoms with Crippen LogP contribution in [-0.4, -0.2) is 30.3 Å². The summed E-state index contributed by atoms with van der Waals surface area (Å²) in [6, 6.07) is 0.804. The highest BCUT2D eigenvalue weighted by molar-refractivity contribution is 5.83. The molecule has 0 amide bonds. The Balaban J connectivity index is 1.80. The highest BCUT2D eigenvalue weighted by Crippen LogP contribution is 2.29. The van der Waals surface area contributed by atoms with Gasteiger partial charge in [-0.15, -0.1) is 0 Å². The molecule has 1 atom stereocenters. The van der Waals surface area contributed by atoms with Gasteiger partial charge in [-0.2, -0.15) is 0 Å². The maximum Gasteiger partial charge on any atom is 0.137 e. The second-order valence-electron chi connectivity index (χ2n) is 4.23. The molecule has 12 heavy (non-hydrogen) atoms. The molecular weight excluding hydrogens is 150 g/mol. The number of rotatable bonds is 3. The van der Waals surface area contributed by atoms with Crippen LogP contribution >= 0.6 is 0 Å². The smallest absolute Gasteiger partial charge is 0.137 e. The summed E-state index contributed by atoms with van der Waals surface area (Å²) in [6.45, 7) is 1.02. The average molecular weight is 167 g/mol. The molecule has 0 N–H and O–H groups in total. The average Bonchev–Trinajstić information content (AvgIpc) is 2.80. The first kappa shape index (κ1) is 8.24. The molecule has 2 nitrogen and oxygen atoms in total. The number of Topliss-reactive ketones (excluding diaryl/α,β-unsaturated/α-hetero) is 1. The highest BCUT2D eigenvalue weighted by atomic mass is 16.1. The SMILES string of the molecule is CN(CC1CCCC1=O)C1CC1. The molecule has 2 saturated carbocycles. The Bertz CT molecular complexity index is 186. The minimum Gasteiger partial charge on any atom is -0.303 e. The van der Waals surface area contributed by atoms with Gasteiger partial charge in [0.05, 0.1) is 0 Å². The van der Waals surface area contributed by atoms with Crippen LogP contribution in [0.1, 0.15) is 32.1 Å². The molecule has 0 bridgehead atoms. The molecule has 2 fully saturated rings. The lowest BCUT2D eigenvalue weighted by atomic mass is 10.1. The van der Waals surface area contributed by atoms with Gasteiger partial charge in [-0.3, -0.25) is 4.79 Å². The van der Waals surface area contributed by atoms with E-state index in [1.54, 1.807) is 0 Å². The van der Waals surface area contributed by atoms with E-state index in [4.69, 9.17) is 0 Å². The molecule has 68 valence electrons. The Labute approximate surface area is 73.9 Å². The van der Waals surface area contributed by atoms with Crippen molar-refractivity contribution < 1.29 is 4.79 Å². The van der Waals surface area contributed by atoms with Crippen molar-refractivity contribution in [1.29, 1.82) is 0 Å². The molecule has 2 rings (SSSR count). The maximum atomic E-state index is 11.3. The zero-order valence-electron chi connectivity index (χ0n) is 7.75. The highest BCUT2D eigenvalue weighted by Gasteiger charge is 2.31. The van der Waals surface area contributed by atoms with Crippen molar-refractivity contribution in [2.24, 2.45) is 5.92 Å². The van der Waals surface area contributed by atoms with Gasteiger partial charge in [-0.1, -0.05) is 0 Å². The van der Waals surface area contributed by atoms with E-state index in [0.29, 0.717) is 11.7 Å². The molecule has 0 aliphatic heterocycles. The van der Waals surface area contributed by atoms with Gasteiger partial charge < -0.3 is 4.90 Å². The number of hydrogen-bond donors (Lipinski definition) is 0. The third kappa shape index (κ3) is 1.69. The summed E-state index contributed by atoms with van der Waals surface area (Å²) in [5, 5.41) is 0. The van der Waals surface area contributed by atoms with Gasteiger partial charge in [0.2, 0.25) is 0 Å². The van der Waals surface area contributed by atoms with Crippen LogP contribution in [0.25, 0.3) is 0 Å². The van der Waals surface area contributed by atoms with Gasteiger partial charge in [0.25, 0.3) is 0 Å². The largest absolute Gasteiger partial charge is 0.303 e. The number of carbonyl (C=O) groups is 1. The van der Waals surface area contributed by atoms with Crippen LogP contribution in [0, 0.1) is 5.92 Å². The predicted octanol–water partition coefficient (Wildman–Crippen LogP) is 1.45. The fraction of sp³-hybridized carbons (Fsp3) is 0.900. The first-order valence-corrected chi connectivity index (χ1v) is 5.00. The third-order valence-corrected chi connectivity index (χ3v) is 3.11. The minimum absolute atomic E-state index is 0.371. The van der Waals surface area contributed by atoms with Gasteiger partial charge in [0, 0.05) is 24.9 Å². The van der Waals surface area contributed by atoms with E-state index in [9.17, 15) is 4.79 Å². The van der Waals surface area contributed by atoms with Gasteiger partial charge in [0.15, 0.2) is 0 Å². The second-order valence-corrected chi connectivity index (χ2v) is 4.23. The lowest BCUT2D eigenvalue weighted by Crippen LogP contribution is -2.29. The Morgan fingerprint density at radius 3 is 2.67 bits per heavy atom. The molecule has 2 aliphatic carbocycles. The summed E-state index contributed by atoms with van der Waals surface area (Å²) in [5.74, 6) is 0.873. The standard InChI is InChI=1S/C10H17NO/c1-11(9-5-6-9)7-8-3-2-4-10(8)12/h8-9H,2-7H2,1H3. The van der Waals surface area contributed by atoms with Crippen molar-refractivity contribution in [2.75, 3.05) is 13.6 Å². The predicted molar refractivity (Wildman–Crippen MR) is 48.0 cm³/mol. The molecule has 0 aromatic heterocycles. The Morgan fingerprint density at radius 2 is 2.17 bits per heavy atom. The van der Waals surface area contributed by atoms with Crippen molar-refractivity contribution >= 4 is 5.78 Å². The molecule has 0 aromatic carbocycles. The van der Waals surface area contributed by atoms with E-state index >= 15 is 0 Å². The number of hydrogen-bond acceptors (Lipinski definition) is 2. The van der Waals surface area contributed by atoms with E-state index in [2.05, 4.69) is 11.9 Å². The molecule has 2 aliphatic rings. The van der Waals surface area contributed by atoms with Crippen molar-refractivity contribution in [3.05, 3.63) is 0 Å². The fourth-order valence-corrected chi connectivity index (χ4v) is 2.09. The quantitative estimate of drug-likeness (QED) is 0.634. The molecule has 0 aromatic rings. The van der Waals surface area contributed by atoms with E-state index in [-0.39, 0.29) is 0 Å². The van der Waals surface area contributed by atoms with Crippen LogP contribution in [-0.2, 0) is 4.79 Å². The van der Waals surface area contributed by atoms with E-state index in [1.807, 2.05) is 0 Å². The Kier molecular flexibility index (Phi) is 2.18. The van der Waals surface area contributed by atoms with Crippen LogP contribution in [0.4, 0.5) is 0 Å². The summed E-state index contributed by atoms with van der Waals surface area (Å²) in [7, 11) is 2.16. The topological polar surface area (TPSA) is 20.3 Å². The summed E-state index contributed by atoms with van der Waals surface area (Å²) in [4.78, 5) is 13.7. The van der Waals surface area contributed by atoms with Crippen molar-refractivity contribution in [3.63, 3.8) is 0 Å². The van der Waals surface area contributed by atoms with Gasteiger partial charge in [-0.05, 0) is 32.7 Å². The zero-order chi connectivity index (χ0) is 8.55. The molecule has 0 radical (unpaired) electrons. The number of carbonyl (C=O) groups excluding carboxylic acids is 1. The van der Waals surface area contributed by atoms with E-state index < -0.39 is 0 Å². The minimum atomic E-state index is 0.371. The van der Waals surface area contributed by atoms with Crippen LogP contribution < -0.4 is 0 Å². The molecular formula is C10H17NO. The van der Waals surface area contributed by atoms with E-state index in [0.717, 1.165) is 31.8 Å². The number of ketones is 1. The first-order valence-electron chi connectivity index (χ1n) is 5.00. The normalized spacial score (nSPS) is 30.2. The van der Waals surface area contributed by atoms with Crippen molar-refractivity contribution in [3.8, 4) is 0 Å². The summed E-state index contributed by atoms with van der Waals surface area (Å²) in [5.41, 5.74) is 0. The third-order valence-electron chi connectivity index (χ3n) is 3.11. The van der Waals surface area contributed by atoms with Crippen LogP contribution in [0.2, 0.25) is 0 Å². The van der Waals surface area contributed by atoms with Crippen molar-refractivity contribution in [2.45, 2.75) is 38.1 Å². The Hall–Kier alpha value is -0.370. The van der Waals surface area contributed by atoms with Crippen LogP contribution in [0.3, 0.4) is 0 Å². The van der Waals surface area contributed by atoms with Crippen molar-refractivity contribution in [1.82, 2.24) is 4.90 Å². The monoisotopic (exact) mass is 167 g/mol. The lowest BCUT2D eigenvalue weighted by molar-refractivity contribution is -0.121. The fourth-order valence-electron chi connectivity index (χ4n) is 2.09.